The fraction of sp³-hybridized carbons (Fsp3) is 0.684. The summed E-state index contributed by atoms with van der Waals surface area (Å²) in [5, 5.41) is 3.47. The van der Waals surface area contributed by atoms with Gasteiger partial charge >= 0.3 is 0 Å². The lowest BCUT2D eigenvalue weighted by Gasteiger charge is -2.58. The highest BCUT2D eigenvalue weighted by atomic mass is 14.8. The Bertz CT molecular complexity index is 447. The zero-order valence-electron chi connectivity index (χ0n) is 13.2. The molecule has 2 aliphatic carbocycles. The molecule has 0 atom stereocenters. The molecule has 2 aliphatic rings. The molecule has 20 heavy (non-hydrogen) atoms. The zero-order valence-corrected chi connectivity index (χ0v) is 13.2. The van der Waals surface area contributed by atoms with Crippen LogP contribution >= 0.6 is 0 Å². The number of likely N-dealkylation sites (N-methyl/N-ethyl adjacent to an activating group) is 1. The van der Waals surface area contributed by atoms with Crippen molar-refractivity contribution in [1.29, 1.82) is 0 Å². The maximum atomic E-state index is 3.47. The Balaban J connectivity index is 1.84. The molecule has 0 radical (unpaired) electrons. The van der Waals surface area contributed by atoms with Crippen LogP contribution in [-0.4, -0.2) is 13.6 Å². The van der Waals surface area contributed by atoms with Crippen LogP contribution in [0.3, 0.4) is 0 Å². The van der Waals surface area contributed by atoms with E-state index in [4.69, 9.17) is 0 Å². The molecule has 2 saturated carbocycles. The van der Waals surface area contributed by atoms with Gasteiger partial charge in [0.15, 0.2) is 0 Å². The number of aryl methyl sites for hydroxylation is 1. The Labute approximate surface area is 124 Å². The summed E-state index contributed by atoms with van der Waals surface area (Å²) in [4.78, 5) is 0. The van der Waals surface area contributed by atoms with Gasteiger partial charge < -0.3 is 5.32 Å². The van der Waals surface area contributed by atoms with Crippen LogP contribution in [0.1, 0.15) is 62.5 Å². The lowest BCUT2D eigenvalue weighted by atomic mass is 9.47. The minimum absolute atomic E-state index is 0.407. The molecule has 0 heterocycles. The van der Waals surface area contributed by atoms with Gasteiger partial charge in [-0.25, -0.2) is 0 Å². The Hall–Kier alpha value is -0.820. The van der Waals surface area contributed by atoms with Gasteiger partial charge in [0, 0.05) is 12.0 Å². The molecule has 1 nitrogen and oxygen atoms in total. The summed E-state index contributed by atoms with van der Waals surface area (Å²) in [7, 11) is 2.11. The molecule has 1 N–H and O–H groups in total. The summed E-state index contributed by atoms with van der Waals surface area (Å²) in [6.45, 7) is 3.42. The normalized spacial score (nSPS) is 24.1. The van der Waals surface area contributed by atoms with Gasteiger partial charge in [-0.1, -0.05) is 49.9 Å². The Morgan fingerprint density at radius 1 is 1.00 bits per heavy atom. The minimum Gasteiger partial charge on any atom is -0.319 e. The molecule has 0 unspecified atom stereocenters. The molecular weight excluding hydrogens is 242 g/mol. The van der Waals surface area contributed by atoms with E-state index >= 15 is 0 Å². The molecule has 110 valence electrons. The van der Waals surface area contributed by atoms with Crippen molar-refractivity contribution in [2.24, 2.45) is 5.41 Å². The SMILES string of the molecule is CNCC1(c2ccccc2C)CC2(CCCCCC2)C1. The average molecular weight is 271 g/mol. The minimum atomic E-state index is 0.407. The van der Waals surface area contributed by atoms with Crippen LogP contribution < -0.4 is 5.32 Å². The summed E-state index contributed by atoms with van der Waals surface area (Å²) < 4.78 is 0. The highest BCUT2D eigenvalue weighted by Crippen LogP contribution is 2.61. The second-order valence-electron chi connectivity index (χ2n) is 7.39. The van der Waals surface area contributed by atoms with Crippen LogP contribution in [0, 0.1) is 12.3 Å². The first kappa shape index (κ1) is 14.1. The molecule has 1 aromatic carbocycles. The molecule has 0 aliphatic heterocycles. The molecule has 0 amide bonds. The lowest BCUT2D eigenvalue weighted by Crippen LogP contribution is -2.54. The van der Waals surface area contributed by atoms with Gasteiger partial charge in [0.25, 0.3) is 0 Å². The maximum absolute atomic E-state index is 3.47. The number of benzene rings is 1. The number of hydrogen-bond acceptors (Lipinski definition) is 1. The molecule has 1 heteroatoms. The number of nitrogens with one attached hydrogen (secondary N) is 1. The van der Waals surface area contributed by atoms with Gasteiger partial charge in [-0.15, -0.1) is 0 Å². The largest absolute Gasteiger partial charge is 0.319 e. The van der Waals surface area contributed by atoms with Crippen molar-refractivity contribution < 1.29 is 0 Å². The predicted octanol–water partition coefficient (Wildman–Crippen LogP) is 4.59. The molecule has 3 rings (SSSR count). The van der Waals surface area contributed by atoms with E-state index in [0.717, 1.165) is 6.54 Å². The molecule has 0 bridgehead atoms. The predicted molar refractivity (Wildman–Crippen MR) is 86.2 cm³/mol. The van der Waals surface area contributed by atoms with E-state index in [9.17, 15) is 0 Å². The van der Waals surface area contributed by atoms with Crippen LogP contribution in [0.4, 0.5) is 0 Å². The monoisotopic (exact) mass is 271 g/mol. The topological polar surface area (TPSA) is 12.0 Å². The summed E-state index contributed by atoms with van der Waals surface area (Å²) in [6, 6.07) is 9.05. The van der Waals surface area contributed by atoms with Gasteiger partial charge in [0.2, 0.25) is 0 Å². The van der Waals surface area contributed by atoms with Crippen LogP contribution in [0.2, 0.25) is 0 Å². The van der Waals surface area contributed by atoms with E-state index in [1.165, 1.54) is 56.9 Å². The molecule has 0 saturated heterocycles. The van der Waals surface area contributed by atoms with Crippen LogP contribution in [0.5, 0.6) is 0 Å². The smallest absolute Gasteiger partial charge is 0.00908 e. The average Bonchev–Trinajstić information content (AvgIpc) is 2.64. The molecule has 1 spiro atoms. The third-order valence-electron chi connectivity index (χ3n) is 5.82. The lowest BCUT2D eigenvalue weighted by molar-refractivity contribution is 0.00686. The van der Waals surface area contributed by atoms with Gasteiger partial charge in [-0.05, 0) is 56.2 Å². The molecule has 0 aromatic heterocycles. The Morgan fingerprint density at radius 3 is 2.25 bits per heavy atom. The molecule has 1 aromatic rings. The Morgan fingerprint density at radius 2 is 1.65 bits per heavy atom. The fourth-order valence-corrected chi connectivity index (χ4v) is 5.13. The second kappa shape index (κ2) is 5.52. The summed E-state index contributed by atoms with van der Waals surface area (Å²) in [6.07, 6.45) is 11.6. The summed E-state index contributed by atoms with van der Waals surface area (Å²) in [5.74, 6) is 0. The van der Waals surface area contributed by atoms with E-state index in [1.54, 1.807) is 5.56 Å². The van der Waals surface area contributed by atoms with Crippen molar-refractivity contribution in [3.8, 4) is 0 Å². The van der Waals surface area contributed by atoms with Crippen molar-refractivity contribution in [2.75, 3.05) is 13.6 Å². The highest BCUT2D eigenvalue weighted by Gasteiger charge is 2.54. The van der Waals surface area contributed by atoms with E-state index in [-0.39, 0.29) is 0 Å². The van der Waals surface area contributed by atoms with Gasteiger partial charge in [0.05, 0.1) is 0 Å². The van der Waals surface area contributed by atoms with E-state index in [0.29, 0.717) is 10.8 Å². The van der Waals surface area contributed by atoms with Crippen molar-refractivity contribution >= 4 is 0 Å². The standard InChI is InChI=1S/C19H29N/c1-16-9-5-6-10-17(16)19(15-20-2)13-18(14-19)11-7-3-4-8-12-18/h5-6,9-10,20H,3-4,7-8,11-15H2,1-2H3. The quantitative estimate of drug-likeness (QED) is 0.848. The molecule has 2 fully saturated rings. The molecular formula is C19H29N. The van der Waals surface area contributed by atoms with Crippen LogP contribution in [0.25, 0.3) is 0 Å². The highest BCUT2D eigenvalue weighted by molar-refractivity contribution is 5.37. The van der Waals surface area contributed by atoms with Crippen molar-refractivity contribution in [3.63, 3.8) is 0 Å². The Kier molecular flexibility index (Phi) is 3.90. The maximum Gasteiger partial charge on any atom is 0.00908 e. The van der Waals surface area contributed by atoms with E-state index in [1.807, 2.05) is 0 Å². The second-order valence-corrected chi connectivity index (χ2v) is 7.39. The number of rotatable bonds is 3. The fourth-order valence-electron chi connectivity index (χ4n) is 5.13. The zero-order chi connectivity index (χ0) is 14.1. The third kappa shape index (κ3) is 2.41. The van der Waals surface area contributed by atoms with Gasteiger partial charge in [-0.3, -0.25) is 0 Å². The van der Waals surface area contributed by atoms with E-state index < -0.39 is 0 Å². The first-order chi connectivity index (χ1) is 9.70. The van der Waals surface area contributed by atoms with E-state index in [2.05, 4.69) is 43.6 Å². The van der Waals surface area contributed by atoms with Gasteiger partial charge in [0.1, 0.15) is 0 Å². The summed E-state index contributed by atoms with van der Waals surface area (Å²) >= 11 is 0. The first-order valence-corrected chi connectivity index (χ1v) is 8.41. The number of hydrogen-bond donors (Lipinski definition) is 1. The van der Waals surface area contributed by atoms with Gasteiger partial charge in [-0.2, -0.15) is 0 Å². The third-order valence-corrected chi connectivity index (χ3v) is 5.82. The van der Waals surface area contributed by atoms with Crippen LogP contribution in [-0.2, 0) is 5.41 Å². The first-order valence-electron chi connectivity index (χ1n) is 8.41. The van der Waals surface area contributed by atoms with Crippen molar-refractivity contribution in [1.82, 2.24) is 5.32 Å². The van der Waals surface area contributed by atoms with Crippen molar-refractivity contribution in [2.45, 2.75) is 63.7 Å². The van der Waals surface area contributed by atoms with Crippen LogP contribution in [0.15, 0.2) is 24.3 Å². The van der Waals surface area contributed by atoms with Crippen molar-refractivity contribution in [3.05, 3.63) is 35.4 Å². The summed E-state index contributed by atoms with van der Waals surface area (Å²) in [5.41, 5.74) is 4.16.